The molecule has 39 nitrogen and oxygen atoms in total. The summed E-state index contributed by atoms with van der Waals surface area (Å²) >= 11 is 0. The summed E-state index contributed by atoms with van der Waals surface area (Å²) in [5, 5.41) is 32.8. The first-order valence-electron chi connectivity index (χ1n) is 21.6. The molecule has 4 fully saturated rings. The minimum Gasteiger partial charge on any atom is -0.756 e. The van der Waals surface area contributed by atoms with Crippen LogP contribution in [0.25, 0.3) is 33.5 Å². The number of imidazole rings is 3. The molecule has 4 saturated heterocycles. The zero-order chi connectivity index (χ0) is 54.6. The van der Waals surface area contributed by atoms with Gasteiger partial charge in [0.2, 0.25) is 17.7 Å². The van der Waals surface area contributed by atoms with Crippen LogP contribution in [0.4, 0.5) is 17.7 Å². The third kappa shape index (κ3) is 10.0. The number of aromatic nitrogens is 12. The normalized spacial score (nSPS) is 31.8. The lowest BCUT2D eigenvalue weighted by atomic mass is 10.0. The summed E-state index contributed by atoms with van der Waals surface area (Å²) < 4.78 is 114. The first kappa shape index (κ1) is 54.2. The van der Waals surface area contributed by atoms with Gasteiger partial charge in [-0.1, -0.05) is 4.98 Å². The number of ether oxygens (including phenoxy) is 5. The summed E-state index contributed by atoms with van der Waals surface area (Å²) in [6.45, 7) is -4.16. The Morgan fingerprint density at radius 2 is 1.42 bits per heavy atom. The zero-order valence-electron chi connectivity index (χ0n) is 38.4. The summed E-state index contributed by atoms with van der Waals surface area (Å²) in [5.41, 5.74) is 13.5. The van der Waals surface area contributed by atoms with Crippen LogP contribution in [0.5, 0.6) is 0 Å². The van der Waals surface area contributed by atoms with E-state index in [9.17, 15) is 62.7 Å². The van der Waals surface area contributed by atoms with Gasteiger partial charge in [0, 0.05) is 7.11 Å². The van der Waals surface area contributed by atoms with Crippen molar-refractivity contribution < 1.29 is 108 Å². The number of fused-ring (bicyclic) bond motifs is 5. The van der Waals surface area contributed by atoms with Gasteiger partial charge < -0.3 is 93.9 Å². The molecule has 4 aliphatic rings. The highest BCUT2D eigenvalue weighted by molar-refractivity contribution is 7.65. The Labute approximate surface area is 420 Å². The molecule has 0 amide bonds. The fourth-order valence-electron chi connectivity index (χ4n) is 8.92. The number of nitrogens with two attached hydrogens (primary N) is 3. The molecule has 0 aliphatic carbocycles. The maximum atomic E-state index is 13.6. The Balaban J connectivity index is 0.810. The minimum absolute atomic E-state index is 0.0171. The van der Waals surface area contributed by atoms with Crippen LogP contribution in [-0.4, -0.2) is 157 Å². The molecule has 0 radical (unpaired) electrons. The fraction of sp³-hybridized carbons (Fsp3) is 0.545. The van der Waals surface area contributed by atoms with Crippen LogP contribution >= 0.6 is 31.3 Å². The molecule has 10 heterocycles. The molecule has 0 spiro atoms. The topological polar surface area (TPSA) is 563 Å². The third-order valence-electron chi connectivity index (χ3n) is 12.3. The number of anilines is 3. The number of nitrogens with one attached hydrogen (secondary N) is 2. The van der Waals surface area contributed by atoms with E-state index in [1.54, 1.807) is 0 Å². The number of nitrogen functional groups attached to an aromatic ring is 3. The highest BCUT2D eigenvalue weighted by Crippen LogP contribution is 2.63. The Hall–Kier alpha value is -5.15. The van der Waals surface area contributed by atoms with Crippen molar-refractivity contribution in [2.45, 2.75) is 73.1 Å². The molecule has 6 aromatic rings. The summed E-state index contributed by atoms with van der Waals surface area (Å²) in [6, 6.07) is 0. The second-order valence-corrected chi connectivity index (χ2v) is 23.0. The maximum Gasteiger partial charge on any atom is 0.313 e. The SMILES string of the molecule is COC1[C@@H](OP(=O)([O-])OC[C@H]2O[C@@H](n3cnc4c(=O)[nH]c(N)nc43)C(O)[C@H]2O)[C@@H](COP(=O)([O-])OP(=O)([O-])OP(=O)([O-])OC[C@]23CO[C@@H](C2O)[C@H]([n+]2cn(C)c4c(=O)[nH]c(N)nc42)O3)O[C@H]1n1cnc2c(N)ncnc21. The quantitative estimate of drug-likeness (QED) is 0.0276. The van der Waals surface area contributed by atoms with E-state index >= 15 is 0 Å². The van der Waals surface area contributed by atoms with E-state index in [1.807, 2.05) is 0 Å². The lowest BCUT2D eigenvalue weighted by Crippen LogP contribution is -2.50. The molecule has 43 heteroatoms. The van der Waals surface area contributed by atoms with E-state index in [1.165, 1.54) is 22.5 Å². The van der Waals surface area contributed by atoms with Crippen LogP contribution in [0.3, 0.4) is 0 Å². The Morgan fingerprint density at radius 1 is 0.789 bits per heavy atom. The summed E-state index contributed by atoms with van der Waals surface area (Å²) in [5.74, 6) is -0.716. The molecule has 7 unspecified atom stereocenters. The Morgan fingerprint density at radius 3 is 2.14 bits per heavy atom. The van der Waals surface area contributed by atoms with Gasteiger partial charge in [0.05, 0.1) is 46.1 Å². The van der Waals surface area contributed by atoms with E-state index in [0.717, 1.165) is 35.2 Å². The van der Waals surface area contributed by atoms with Crippen LogP contribution in [0.15, 0.2) is 34.9 Å². The number of methoxy groups -OCH3 is 1. The molecule has 11 N–H and O–H groups in total. The van der Waals surface area contributed by atoms with Gasteiger partial charge in [0.15, 0.2) is 41.4 Å². The first-order chi connectivity index (χ1) is 35.7. The average Bonchev–Trinajstić information content (AvgIpc) is 4.21. The molecule has 76 heavy (non-hydrogen) atoms. The van der Waals surface area contributed by atoms with Crippen molar-refractivity contribution >= 4 is 82.5 Å². The van der Waals surface area contributed by atoms with Crippen LogP contribution < -0.4 is 52.5 Å². The predicted octanol–water partition coefficient (Wildman–Crippen LogP) is -6.83. The second-order valence-electron chi connectivity index (χ2n) is 17.1. The molecule has 4 aliphatic heterocycles. The van der Waals surface area contributed by atoms with Crippen molar-refractivity contribution in [1.82, 2.24) is 53.6 Å². The molecule has 6 aromatic heterocycles. The highest BCUT2D eigenvalue weighted by Gasteiger charge is 2.64. The van der Waals surface area contributed by atoms with Crippen LogP contribution in [0.2, 0.25) is 0 Å². The van der Waals surface area contributed by atoms with E-state index in [4.69, 9.17) is 59.0 Å². The number of aliphatic hydroxyl groups is 3. The molecule has 0 saturated carbocycles. The van der Waals surface area contributed by atoms with Gasteiger partial charge in [-0.15, -0.1) is 0 Å². The van der Waals surface area contributed by atoms with E-state index in [0.29, 0.717) is 0 Å². The van der Waals surface area contributed by atoms with E-state index in [2.05, 4.69) is 48.5 Å². The predicted molar refractivity (Wildman–Crippen MR) is 233 cm³/mol. The average molecular weight is 1150 g/mol. The first-order valence-corrected chi connectivity index (χ1v) is 27.4. The van der Waals surface area contributed by atoms with Gasteiger partial charge in [-0.2, -0.15) is 4.98 Å². The number of phosphoric ester groups is 3. The molecule has 2 bridgehead atoms. The molecule has 0 aromatic carbocycles. The van der Waals surface area contributed by atoms with Gasteiger partial charge in [0.1, 0.15) is 66.3 Å². The lowest BCUT2D eigenvalue weighted by molar-refractivity contribution is -0.752. The molecule has 10 rings (SSSR count). The molecule has 414 valence electrons. The van der Waals surface area contributed by atoms with Crippen LogP contribution in [-0.2, 0) is 75.7 Å². The number of phosphoric acid groups is 4. The summed E-state index contributed by atoms with van der Waals surface area (Å²) in [4.78, 5) is 106. The maximum absolute atomic E-state index is 13.6. The number of nitrogens with zero attached hydrogens (tertiary/aromatic N) is 10. The Kier molecular flexibility index (Phi) is 14.0. The number of hydrogen-bond acceptors (Lipinski definition) is 33. The minimum atomic E-state index is -6.58. The molecular weight excluding hydrogens is 1110 g/mol. The van der Waals surface area contributed by atoms with Crippen molar-refractivity contribution in [2.75, 3.05) is 50.7 Å². The smallest absolute Gasteiger partial charge is 0.313 e. The number of aromatic amines is 2. The molecular formula is C33H40N15O24P4-3. The van der Waals surface area contributed by atoms with Crippen LogP contribution in [0, 0.1) is 0 Å². The van der Waals surface area contributed by atoms with Gasteiger partial charge in [0.25, 0.3) is 48.4 Å². The summed E-state index contributed by atoms with van der Waals surface area (Å²) in [6.07, 6.45) is -13.6. The second kappa shape index (κ2) is 19.6. The van der Waals surface area contributed by atoms with Crippen molar-refractivity contribution in [1.29, 1.82) is 0 Å². The highest BCUT2D eigenvalue weighted by atomic mass is 31.3. The fourth-order valence-corrected chi connectivity index (χ4v) is 13.3. The lowest BCUT2D eigenvalue weighted by Gasteiger charge is -2.36. The van der Waals surface area contributed by atoms with Crippen molar-refractivity contribution in [3.63, 3.8) is 0 Å². The zero-order valence-corrected chi connectivity index (χ0v) is 42.0. The summed E-state index contributed by atoms with van der Waals surface area (Å²) in [7, 11) is -22.3. The number of H-pyrrole nitrogens is 2. The Bertz CT molecular complexity index is 3560. The van der Waals surface area contributed by atoms with Gasteiger partial charge in [-0.05, 0) is 0 Å². The number of hydrogen-bond donors (Lipinski definition) is 8. The number of rotatable bonds is 19. The van der Waals surface area contributed by atoms with Gasteiger partial charge in [-0.25, -0.2) is 33.1 Å². The standard InChI is InChI=1S/C33H43N15O24P4/c1-45-10-48(25-15(45)27(53)44-32(36)42-25)30-20-21(51)33(69-30,5-63-20)6-66-75(58,59)72-76(60,61)71-74(56,57)65-4-12-18(19(62-2)29(68-12)46-8-39-13-22(34)37-7-38-23(13)46)70-73(54,55)64-3-11-16(49)17(50)28(67-11)47-9-40-14-24(47)41-31(35)43-26(14)52/h7-12,16-21,28-30,49-51H,3-6H2,1-2H3,(H11-,34,35,36,37,38,41,42,43,44,52,53,54,55,56,57,58,59,60,61)/p-3/t11-,12-,16+,17?,18+,19?,20+,21?,28-,29-,30-,33-/m1/s1. The largest absolute Gasteiger partial charge is 0.756 e. The van der Waals surface area contributed by atoms with Gasteiger partial charge in [-0.3, -0.25) is 51.5 Å². The van der Waals surface area contributed by atoms with E-state index in [-0.39, 0.29) is 51.2 Å². The van der Waals surface area contributed by atoms with Crippen molar-refractivity contribution in [2.24, 2.45) is 7.05 Å². The van der Waals surface area contributed by atoms with Gasteiger partial charge >= 0.3 is 5.65 Å². The van der Waals surface area contributed by atoms with Crippen molar-refractivity contribution in [3.05, 3.63) is 46.0 Å². The van der Waals surface area contributed by atoms with Crippen molar-refractivity contribution in [3.8, 4) is 0 Å². The number of aliphatic hydroxyl groups excluding tert-OH is 3. The van der Waals surface area contributed by atoms with Crippen LogP contribution in [0.1, 0.15) is 18.7 Å². The van der Waals surface area contributed by atoms with E-state index < -0.39 is 142 Å². The monoisotopic (exact) mass is 1150 g/mol. The molecule has 16 atom stereocenters. The number of aryl methyl sites for hydroxylation is 1. The third-order valence-corrected chi connectivity index (χ3v) is 17.3.